The first kappa shape index (κ1) is 20.0. The maximum absolute atomic E-state index is 12.8. The van der Waals surface area contributed by atoms with Gasteiger partial charge in [-0.3, -0.25) is 5.32 Å². The van der Waals surface area contributed by atoms with Crippen LogP contribution in [0.5, 0.6) is 0 Å². The Bertz CT molecular complexity index is 1000. The smallest absolute Gasteiger partial charge is 0.390 e. The molecular weight excluding hydrogens is 399 g/mol. The van der Waals surface area contributed by atoms with Crippen LogP contribution in [-0.2, 0) is 24.7 Å². The maximum Gasteiger partial charge on any atom is 0.416 e. The number of alkyl halides is 3. The summed E-state index contributed by atoms with van der Waals surface area (Å²) in [6.45, 7) is 0.586. The Hall–Kier alpha value is -2.34. The molecule has 0 saturated heterocycles. The zero-order chi connectivity index (χ0) is 20.6. The molecule has 0 spiro atoms. The molecule has 1 heterocycles. The molecule has 0 aromatic heterocycles. The lowest BCUT2D eigenvalue weighted by Gasteiger charge is -2.36. The van der Waals surface area contributed by atoms with Crippen LogP contribution < -0.4 is 5.32 Å². The number of hydrogen-bond acceptors (Lipinski definition) is 2. The normalized spacial score (nSPS) is 19.8. The largest absolute Gasteiger partial charge is 0.416 e. The molecule has 0 radical (unpaired) electrons. The first-order valence-electron chi connectivity index (χ1n) is 9.24. The Balaban J connectivity index is 1.72. The summed E-state index contributed by atoms with van der Waals surface area (Å²) in [4.78, 5) is 0. The van der Waals surface area contributed by atoms with Gasteiger partial charge in [0.1, 0.15) is 0 Å². The van der Waals surface area contributed by atoms with Gasteiger partial charge in [-0.25, -0.2) is 0 Å². The molecule has 0 aliphatic carbocycles. The van der Waals surface area contributed by atoms with Crippen LogP contribution in [0.2, 0.25) is 5.02 Å². The van der Waals surface area contributed by atoms with Crippen LogP contribution in [0.25, 0.3) is 0 Å². The number of nitrogens with one attached hydrogen (secondary N) is 1. The quantitative estimate of drug-likeness (QED) is 0.603. The van der Waals surface area contributed by atoms with Crippen molar-refractivity contribution in [1.82, 2.24) is 5.32 Å². The van der Waals surface area contributed by atoms with Crippen molar-refractivity contribution in [2.45, 2.75) is 30.8 Å². The topological polar surface area (TPSA) is 32.3 Å². The Morgan fingerprint density at radius 1 is 0.966 bits per heavy atom. The van der Waals surface area contributed by atoms with E-state index in [9.17, 15) is 18.3 Å². The first-order chi connectivity index (χ1) is 13.8. The standard InChI is InChI=1S/C23H19ClF3NO/c24-19-11-9-17(10-12-19)22(20-4-2-1-3-16(20)14-28-22)21(29)13-15-5-7-18(8-6-15)23(25,26)27/h1-12,21,28-29H,13-14H2. The number of hydrogen-bond donors (Lipinski definition) is 2. The summed E-state index contributed by atoms with van der Waals surface area (Å²) in [5.41, 5.74) is 1.95. The predicted molar refractivity (Wildman–Crippen MR) is 107 cm³/mol. The fraction of sp³-hybridized carbons (Fsp3) is 0.217. The van der Waals surface area contributed by atoms with E-state index >= 15 is 0 Å². The third-order valence-corrected chi connectivity index (χ3v) is 5.76. The second kappa shape index (κ2) is 7.48. The number of aliphatic hydroxyl groups excluding tert-OH is 1. The Labute approximate surface area is 172 Å². The maximum atomic E-state index is 12.8. The molecule has 0 saturated carbocycles. The monoisotopic (exact) mass is 417 g/mol. The molecule has 3 aromatic rings. The van der Waals surface area contributed by atoms with Gasteiger partial charge in [0.05, 0.1) is 17.2 Å². The van der Waals surface area contributed by atoms with Crippen molar-refractivity contribution in [3.8, 4) is 0 Å². The van der Waals surface area contributed by atoms with E-state index in [0.717, 1.165) is 28.8 Å². The van der Waals surface area contributed by atoms with Crippen LogP contribution >= 0.6 is 11.6 Å². The predicted octanol–water partition coefficient (Wildman–Crippen LogP) is 5.31. The molecule has 2 N–H and O–H groups in total. The summed E-state index contributed by atoms with van der Waals surface area (Å²) >= 11 is 6.05. The van der Waals surface area contributed by atoms with Gasteiger partial charge in [0.25, 0.3) is 0 Å². The van der Waals surface area contributed by atoms with Gasteiger partial charge in [-0.2, -0.15) is 13.2 Å². The van der Waals surface area contributed by atoms with Gasteiger partial charge in [-0.05, 0) is 46.5 Å². The van der Waals surface area contributed by atoms with Crippen LogP contribution in [0.3, 0.4) is 0 Å². The number of benzene rings is 3. The molecule has 0 fully saturated rings. The van der Waals surface area contributed by atoms with Crippen molar-refractivity contribution < 1.29 is 18.3 Å². The second-order valence-electron chi connectivity index (χ2n) is 7.24. The van der Waals surface area contributed by atoms with Crippen LogP contribution in [0.1, 0.15) is 27.8 Å². The average molecular weight is 418 g/mol. The number of aliphatic hydroxyl groups is 1. The molecular formula is C23H19ClF3NO. The highest BCUT2D eigenvalue weighted by Crippen LogP contribution is 2.41. The van der Waals surface area contributed by atoms with Crippen LogP contribution in [-0.4, -0.2) is 11.2 Å². The van der Waals surface area contributed by atoms with Crippen molar-refractivity contribution >= 4 is 11.6 Å². The molecule has 0 amide bonds. The molecule has 29 heavy (non-hydrogen) atoms. The van der Waals surface area contributed by atoms with Gasteiger partial charge in [0, 0.05) is 18.0 Å². The van der Waals surface area contributed by atoms with Crippen molar-refractivity contribution in [1.29, 1.82) is 0 Å². The van der Waals surface area contributed by atoms with Crippen molar-refractivity contribution in [3.63, 3.8) is 0 Å². The summed E-state index contributed by atoms with van der Waals surface area (Å²) in [6, 6.07) is 20.1. The Kier molecular flexibility index (Phi) is 5.15. The summed E-state index contributed by atoms with van der Waals surface area (Å²) in [5, 5.41) is 15.4. The third kappa shape index (κ3) is 3.66. The molecule has 6 heteroatoms. The zero-order valence-electron chi connectivity index (χ0n) is 15.4. The van der Waals surface area contributed by atoms with E-state index in [0.29, 0.717) is 17.1 Å². The minimum atomic E-state index is -4.38. The van der Waals surface area contributed by atoms with E-state index in [1.165, 1.54) is 12.1 Å². The zero-order valence-corrected chi connectivity index (χ0v) is 16.1. The summed E-state index contributed by atoms with van der Waals surface area (Å²) in [5.74, 6) is 0. The summed E-state index contributed by atoms with van der Waals surface area (Å²) in [6.07, 6.45) is -5.08. The van der Waals surface area contributed by atoms with Crippen molar-refractivity contribution in [2.75, 3.05) is 0 Å². The summed E-state index contributed by atoms with van der Waals surface area (Å²) in [7, 11) is 0. The molecule has 1 aliphatic heterocycles. The van der Waals surface area contributed by atoms with E-state index in [2.05, 4.69) is 5.32 Å². The number of rotatable bonds is 4. The molecule has 2 unspecified atom stereocenters. The first-order valence-corrected chi connectivity index (χ1v) is 9.62. The highest BCUT2D eigenvalue weighted by atomic mass is 35.5. The summed E-state index contributed by atoms with van der Waals surface area (Å²) < 4.78 is 38.5. The minimum absolute atomic E-state index is 0.197. The van der Waals surface area contributed by atoms with Gasteiger partial charge >= 0.3 is 6.18 Å². The fourth-order valence-electron chi connectivity index (χ4n) is 4.06. The second-order valence-corrected chi connectivity index (χ2v) is 7.68. The molecule has 0 bridgehead atoms. The SMILES string of the molecule is OC(Cc1ccc(C(F)(F)F)cc1)C1(c2ccc(Cl)cc2)NCc2ccccc21. The molecule has 2 atom stereocenters. The van der Waals surface area contributed by atoms with E-state index in [4.69, 9.17) is 11.6 Å². The van der Waals surface area contributed by atoms with Gasteiger partial charge in [0.2, 0.25) is 0 Å². The van der Waals surface area contributed by atoms with Gasteiger partial charge in [-0.15, -0.1) is 0 Å². The van der Waals surface area contributed by atoms with E-state index in [-0.39, 0.29) is 6.42 Å². The van der Waals surface area contributed by atoms with Crippen LogP contribution in [0.15, 0.2) is 72.8 Å². The van der Waals surface area contributed by atoms with E-state index in [1.807, 2.05) is 36.4 Å². The lowest BCUT2D eigenvalue weighted by atomic mass is 9.77. The minimum Gasteiger partial charge on any atom is -0.390 e. The highest BCUT2D eigenvalue weighted by Gasteiger charge is 2.45. The lowest BCUT2D eigenvalue weighted by molar-refractivity contribution is -0.137. The van der Waals surface area contributed by atoms with Crippen LogP contribution in [0.4, 0.5) is 13.2 Å². The molecule has 150 valence electrons. The lowest BCUT2D eigenvalue weighted by Crippen LogP contribution is -2.49. The van der Waals surface area contributed by atoms with E-state index in [1.54, 1.807) is 12.1 Å². The average Bonchev–Trinajstić information content (AvgIpc) is 3.09. The van der Waals surface area contributed by atoms with Crippen molar-refractivity contribution in [3.05, 3.63) is 106 Å². The Morgan fingerprint density at radius 2 is 1.62 bits per heavy atom. The molecule has 1 aliphatic rings. The molecule has 4 rings (SSSR count). The van der Waals surface area contributed by atoms with Gasteiger partial charge in [0.15, 0.2) is 0 Å². The number of fused-ring (bicyclic) bond motifs is 1. The molecule has 3 aromatic carbocycles. The van der Waals surface area contributed by atoms with Gasteiger partial charge < -0.3 is 5.11 Å². The fourth-order valence-corrected chi connectivity index (χ4v) is 4.18. The number of halogens is 4. The van der Waals surface area contributed by atoms with Gasteiger partial charge in [-0.1, -0.05) is 60.1 Å². The van der Waals surface area contributed by atoms with Crippen molar-refractivity contribution in [2.24, 2.45) is 0 Å². The highest BCUT2D eigenvalue weighted by molar-refractivity contribution is 6.30. The third-order valence-electron chi connectivity index (χ3n) is 5.51. The van der Waals surface area contributed by atoms with E-state index < -0.39 is 23.4 Å². The van der Waals surface area contributed by atoms with Crippen LogP contribution in [0, 0.1) is 0 Å². The Morgan fingerprint density at radius 3 is 2.28 bits per heavy atom. The molecule has 2 nitrogen and oxygen atoms in total.